The van der Waals surface area contributed by atoms with Gasteiger partial charge >= 0.3 is 0 Å². The molecule has 1 aromatic carbocycles. The maximum absolute atomic E-state index is 4.14. The van der Waals surface area contributed by atoms with Crippen molar-refractivity contribution in [2.24, 2.45) is 0 Å². The lowest BCUT2D eigenvalue weighted by Crippen LogP contribution is -1.76. The van der Waals surface area contributed by atoms with Crippen LogP contribution < -0.4 is 0 Å². The molecule has 0 spiro atoms. The minimum Gasteiger partial charge on any atom is -0.179 e. The van der Waals surface area contributed by atoms with Crippen molar-refractivity contribution in [3.8, 4) is 0 Å². The fourth-order valence-electron chi connectivity index (χ4n) is 0.927. The van der Waals surface area contributed by atoms with E-state index in [9.17, 15) is 0 Å². The molecule has 0 saturated carbocycles. The molecule has 0 bridgehead atoms. The normalized spacial score (nSPS) is 11.0. The zero-order valence-corrected chi connectivity index (χ0v) is 11.1. The highest BCUT2D eigenvalue weighted by Crippen LogP contribution is 2.22. The zero-order chi connectivity index (χ0) is 9.68. The smallest absolute Gasteiger partial charge is 0.0248 e. The summed E-state index contributed by atoms with van der Waals surface area (Å²) in [5, 5.41) is 0. The van der Waals surface area contributed by atoms with Gasteiger partial charge in [0, 0.05) is 8.95 Å². The van der Waals surface area contributed by atoms with E-state index >= 15 is 0 Å². The third kappa shape index (κ3) is 3.88. The fourth-order valence-corrected chi connectivity index (χ4v) is 1.83. The molecule has 0 radical (unpaired) electrons. The predicted octanol–water partition coefficient (Wildman–Crippen LogP) is 4.54. The van der Waals surface area contributed by atoms with Crippen LogP contribution in [0.15, 0.2) is 33.2 Å². The molecule has 0 N–H and O–H groups in total. The molecule has 0 heterocycles. The predicted molar refractivity (Wildman–Crippen MR) is 69.3 cm³/mol. The van der Waals surface area contributed by atoms with Crippen LogP contribution in [-0.4, -0.2) is 5.75 Å². The Morgan fingerprint density at radius 3 is 2.77 bits per heavy atom. The van der Waals surface area contributed by atoms with Crippen LogP contribution in [-0.2, 0) is 0 Å². The quantitative estimate of drug-likeness (QED) is 0.776. The van der Waals surface area contributed by atoms with Crippen LogP contribution in [0.4, 0.5) is 0 Å². The highest BCUT2D eigenvalue weighted by atomic mass is 79.9. The minimum atomic E-state index is 0.891. The molecule has 0 nitrogen and oxygen atoms in total. The van der Waals surface area contributed by atoms with Crippen molar-refractivity contribution in [3.63, 3.8) is 0 Å². The lowest BCUT2D eigenvalue weighted by Gasteiger charge is -1.98. The average Bonchev–Trinajstić information content (AvgIpc) is 2.11. The SMILES string of the molecule is SCCC=Cc1cc(Br)ccc1Br. The van der Waals surface area contributed by atoms with Gasteiger partial charge in [-0.15, -0.1) is 0 Å². The van der Waals surface area contributed by atoms with Crippen molar-refractivity contribution >= 4 is 50.6 Å². The summed E-state index contributed by atoms with van der Waals surface area (Å²) in [6, 6.07) is 6.13. The van der Waals surface area contributed by atoms with E-state index in [-0.39, 0.29) is 0 Å². The van der Waals surface area contributed by atoms with Gasteiger partial charge in [-0.25, -0.2) is 0 Å². The van der Waals surface area contributed by atoms with Gasteiger partial charge in [-0.3, -0.25) is 0 Å². The van der Waals surface area contributed by atoms with E-state index in [0.29, 0.717) is 0 Å². The molecule has 0 unspecified atom stereocenters. The summed E-state index contributed by atoms with van der Waals surface area (Å²) in [5.41, 5.74) is 1.19. The molecule has 0 atom stereocenters. The van der Waals surface area contributed by atoms with Crippen molar-refractivity contribution in [1.29, 1.82) is 0 Å². The third-order valence-corrected chi connectivity index (χ3v) is 3.02. The number of hydrogen-bond acceptors (Lipinski definition) is 1. The highest BCUT2D eigenvalue weighted by molar-refractivity contribution is 9.11. The van der Waals surface area contributed by atoms with Gasteiger partial charge in [0.25, 0.3) is 0 Å². The second-order valence-corrected chi connectivity index (χ2v) is 4.80. The first-order valence-electron chi connectivity index (χ1n) is 3.96. The molecule has 0 aliphatic rings. The first-order valence-corrected chi connectivity index (χ1v) is 6.18. The fraction of sp³-hybridized carbons (Fsp3) is 0.200. The Balaban J connectivity index is 2.81. The van der Waals surface area contributed by atoms with E-state index in [4.69, 9.17) is 0 Å². The van der Waals surface area contributed by atoms with Crippen molar-refractivity contribution in [2.45, 2.75) is 6.42 Å². The Morgan fingerprint density at radius 2 is 2.08 bits per heavy atom. The van der Waals surface area contributed by atoms with E-state index in [1.54, 1.807) is 0 Å². The van der Waals surface area contributed by atoms with E-state index in [2.05, 4.69) is 62.7 Å². The molecule has 0 aliphatic heterocycles. The lowest BCUT2D eigenvalue weighted by molar-refractivity contribution is 1.26. The number of allylic oxidation sites excluding steroid dienone is 1. The topological polar surface area (TPSA) is 0 Å². The van der Waals surface area contributed by atoms with Crippen LogP contribution in [0, 0.1) is 0 Å². The van der Waals surface area contributed by atoms with E-state index in [1.165, 1.54) is 5.56 Å². The first-order chi connectivity index (χ1) is 6.24. The molecule has 0 amide bonds. The largest absolute Gasteiger partial charge is 0.179 e. The van der Waals surface area contributed by atoms with Crippen molar-refractivity contribution < 1.29 is 0 Å². The maximum Gasteiger partial charge on any atom is 0.0248 e. The van der Waals surface area contributed by atoms with Gasteiger partial charge in [-0.05, 0) is 35.9 Å². The van der Waals surface area contributed by atoms with E-state index in [1.807, 2.05) is 12.1 Å². The molecule has 1 rings (SSSR count). The Hall–Kier alpha value is 0.270. The van der Waals surface area contributed by atoms with Crippen LogP contribution in [0.3, 0.4) is 0 Å². The second-order valence-electron chi connectivity index (χ2n) is 2.58. The first kappa shape index (κ1) is 11.3. The highest BCUT2D eigenvalue weighted by Gasteiger charge is 1.95. The molecule has 0 saturated heterocycles. The number of halogens is 2. The molecule has 1 aromatic rings. The summed E-state index contributed by atoms with van der Waals surface area (Å²) in [7, 11) is 0. The summed E-state index contributed by atoms with van der Waals surface area (Å²) in [6.07, 6.45) is 5.23. The summed E-state index contributed by atoms with van der Waals surface area (Å²) in [4.78, 5) is 0. The lowest BCUT2D eigenvalue weighted by atomic mass is 10.2. The van der Waals surface area contributed by atoms with Gasteiger partial charge in [-0.2, -0.15) is 12.6 Å². The zero-order valence-electron chi connectivity index (χ0n) is 7.00. The van der Waals surface area contributed by atoms with Crippen molar-refractivity contribution in [3.05, 3.63) is 38.8 Å². The third-order valence-electron chi connectivity index (χ3n) is 1.55. The van der Waals surface area contributed by atoms with Gasteiger partial charge in [-0.1, -0.05) is 44.0 Å². The van der Waals surface area contributed by atoms with Gasteiger partial charge in [0.1, 0.15) is 0 Å². The Bertz CT molecular complexity index is 308. The molecule has 0 aromatic heterocycles. The molecule has 13 heavy (non-hydrogen) atoms. The minimum absolute atomic E-state index is 0.891. The van der Waals surface area contributed by atoms with E-state index in [0.717, 1.165) is 21.1 Å². The molecule has 0 fully saturated rings. The van der Waals surface area contributed by atoms with Crippen molar-refractivity contribution in [1.82, 2.24) is 0 Å². The summed E-state index contributed by atoms with van der Waals surface area (Å²) in [5.74, 6) is 0.891. The number of thiol groups is 1. The summed E-state index contributed by atoms with van der Waals surface area (Å²) in [6.45, 7) is 0. The monoisotopic (exact) mass is 320 g/mol. The average molecular weight is 322 g/mol. The molecule has 70 valence electrons. The Kier molecular flexibility index (Phi) is 5.14. The number of rotatable bonds is 3. The molecular weight excluding hydrogens is 312 g/mol. The van der Waals surface area contributed by atoms with Gasteiger partial charge in [0.05, 0.1) is 0 Å². The second kappa shape index (κ2) is 5.89. The van der Waals surface area contributed by atoms with Gasteiger partial charge in [0.2, 0.25) is 0 Å². The van der Waals surface area contributed by atoms with Crippen LogP contribution in [0.1, 0.15) is 12.0 Å². The van der Waals surface area contributed by atoms with E-state index < -0.39 is 0 Å². The molecule has 0 aliphatic carbocycles. The van der Waals surface area contributed by atoms with Gasteiger partial charge in [0.15, 0.2) is 0 Å². The maximum atomic E-state index is 4.14. The number of hydrogen-bond donors (Lipinski definition) is 1. The van der Waals surface area contributed by atoms with Crippen molar-refractivity contribution in [2.75, 3.05) is 5.75 Å². The summed E-state index contributed by atoms with van der Waals surface area (Å²) < 4.78 is 2.22. The Labute approximate surface area is 101 Å². The standard InChI is InChI=1S/C10H10Br2S/c11-9-4-5-10(12)8(7-9)3-1-2-6-13/h1,3-5,7,13H,2,6H2. The molecular formula is C10H10Br2S. The molecule has 3 heteroatoms. The van der Waals surface area contributed by atoms with Crippen LogP contribution in [0.5, 0.6) is 0 Å². The number of benzene rings is 1. The van der Waals surface area contributed by atoms with Gasteiger partial charge < -0.3 is 0 Å². The summed E-state index contributed by atoms with van der Waals surface area (Å²) >= 11 is 11.1. The Morgan fingerprint density at radius 1 is 1.31 bits per heavy atom. The van der Waals surface area contributed by atoms with Crippen LogP contribution in [0.2, 0.25) is 0 Å². The van der Waals surface area contributed by atoms with Crippen LogP contribution >= 0.6 is 44.5 Å². The van der Waals surface area contributed by atoms with Crippen LogP contribution in [0.25, 0.3) is 6.08 Å².